The molecule has 0 saturated heterocycles. The van der Waals surface area contributed by atoms with Crippen molar-refractivity contribution < 1.29 is 30.3 Å². The molecule has 306 valence electrons. The highest BCUT2D eigenvalue weighted by atomic mass is 16.3. The molecule has 10 atom stereocenters. The van der Waals surface area contributed by atoms with Crippen molar-refractivity contribution >= 4 is 6.29 Å². The number of fused-ring (bicyclic) bond motifs is 5. The van der Waals surface area contributed by atoms with Crippen molar-refractivity contribution in [2.24, 2.45) is 40.9 Å². The number of aliphatic hydroxyl groups excluding tert-OH is 4. The maximum Gasteiger partial charge on any atom is 0.145 e. The molecule has 0 unspecified atom stereocenters. The molecule has 3 saturated carbocycles. The largest absolute Gasteiger partial charge is 0.396 e. The van der Waals surface area contributed by atoms with E-state index in [1.807, 2.05) is 39.1 Å². The minimum absolute atomic E-state index is 0.0369. The molecule has 1 heterocycles. The highest BCUT2D eigenvalue weighted by molar-refractivity contribution is 5.74. The number of nitrogens with one attached hydrogen (secondary N) is 2. The van der Waals surface area contributed by atoms with Gasteiger partial charge < -0.3 is 30.8 Å². The smallest absolute Gasteiger partial charge is 0.145 e. The molecule has 8 nitrogen and oxygen atoms in total. The zero-order valence-corrected chi connectivity index (χ0v) is 34.0. The number of allylic oxidation sites excluding steroid dienone is 9. The zero-order chi connectivity index (χ0) is 40.0. The van der Waals surface area contributed by atoms with Gasteiger partial charge in [-0.25, -0.2) is 0 Å². The van der Waals surface area contributed by atoms with Gasteiger partial charge in [-0.05, 0) is 143 Å². The predicted octanol–water partition coefficient (Wildman–Crippen LogP) is 6.05. The molecule has 0 radical (unpaired) electrons. The molecule has 3 fully saturated rings. The molecule has 6 rings (SSSR count). The third-order valence-corrected chi connectivity index (χ3v) is 14.6. The summed E-state index contributed by atoms with van der Waals surface area (Å²) in [6, 6.07) is 9.09. The molecule has 0 aromatic heterocycles. The van der Waals surface area contributed by atoms with Crippen molar-refractivity contribution in [3.05, 3.63) is 106 Å². The molecule has 7 N–H and O–H groups in total. The standard InChI is InChI=1S/C48H68N2O6/c1-31(38-16-15-32(2)46(55)50-42(36-12-5-6-13-36)27-35-11-8-10-34(25-35)26-38)9-7-14-40(30-53)41-19-21-48(45(41)54)44-37(20-24-51)17-18-39(43(44)33(3)29-52)28-47(48,56)22-23-49-4/h7-11,14-15,17-18,25,29,36-39,41-42,44-46,49-51,53-56H,1,5-6,12-13,16,19-24,26-28,30H2,2-4H3/b9-7+,32-15+,40-14-,43-33?/t37-,38-,39-,41-,42+,44-,45+,46+,47+,48+/m0/s1. The van der Waals surface area contributed by atoms with Crippen LogP contribution in [0.3, 0.4) is 0 Å². The average molecular weight is 769 g/mol. The molecule has 1 aromatic rings. The minimum atomic E-state index is -1.23. The Kier molecular flexibility index (Phi) is 14.3. The number of carbonyl (C=O) groups excluding carboxylic acids is 1. The lowest BCUT2D eigenvalue weighted by Crippen LogP contribution is -2.65. The van der Waals surface area contributed by atoms with E-state index in [-0.39, 0.29) is 42.9 Å². The summed E-state index contributed by atoms with van der Waals surface area (Å²) < 4.78 is 0. The maximum absolute atomic E-state index is 12.8. The predicted molar refractivity (Wildman–Crippen MR) is 223 cm³/mol. The summed E-state index contributed by atoms with van der Waals surface area (Å²) >= 11 is 0. The van der Waals surface area contributed by atoms with E-state index in [9.17, 15) is 30.3 Å². The summed E-state index contributed by atoms with van der Waals surface area (Å²) in [5.41, 5.74) is 4.53. The van der Waals surface area contributed by atoms with Gasteiger partial charge in [-0.2, -0.15) is 0 Å². The van der Waals surface area contributed by atoms with Gasteiger partial charge in [-0.1, -0.05) is 91.3 Å². The van der Waals surface area contributed by atoms with Crippen LogP contribution in [0.2, 0.25) is 0 Å². The van der Waals surface area contributed by atoms with E-state index < -0.39 is 29.3 Å². The molecule has 8 heteroatoms. The number of carbonyl (C=O) groups is 1. The molecule has 0 amide bonds. The zero-order valence-electron chi connectivity index (χ0n) is 34.0. The van der Waals surface area contributed by atoms with Crippen LogP contribution in [-0.2, 0) is 17.6 Å². The second-order valence-corrected chi connectivity index (χ2v) is 17.8. The van der Waals surface area contributed by atoms with E-state index >= 15 is 0 Å². The molecule has 1 spiro atoms. The molecule has 5 aliphatic rings. The van der Waals surface area contributed by atoms with Crippen molar-refractivity contribution in [2.75, 3.05) is 26.8 Å². The quantitative estimate of drug-likeness (QED) is 0.0590. The van der Waals surface area contributed by atoms with Crippen LogP contribution in [0, 0.1) is 40.9 Å². The van der Waals surface area contributed by atoms with Gasteiger partial charge >= 0.3 is 0 Å². The van der Waals surface area contributed by atoms with Gasteiger partial charge in [-0.3, -0.25) is 10.1 Å². The van der Waals surface area contributed by atoms with Gasteiger partial charge in [0.2, 0.25) is 0 Å². The third-order valence-electron chi connectivity index (χ3n) is 14.6. The van der Waals surface area contributed by atoms with E-state index in [4.69, 9.17) is 0 Å². The Labute approximate surface area is 335 Å². The van der Waals surface area contributed by atoms with Gasteiger partial charge in [0.1, 0.15) is 12.5 Å². The van der Waals surface area contributed by atoms with Gasteiger partial charge in [0.15, 0.2) is 0 Å². The lowest BCUT2D eigenvalue weighted by atomic mass is 9.45. The second-order valence-electron chi connectivity index (χ2n) is 17.8. The van der Waals surface area contributed by atoms with Crippen LogP contribution in [0.1, 0.15) is 89.2 Å². The summed E-state index contributed by atoms with van der Waals surface area (Å²) in [4.78, 5) is 12.3. The van der Waals surface area contributed by atoms with E-state index in [0.29, 0.717) is 55.7 Å². The van der Waals surface area contributed by atoms with Crippen LogP contribution in [-0.4, -0.2) is 82.6 Å². The van der Waals surface area contributed by atoms with Crippen LogP contribution in [0.15, 0.2) is 95.2 Å². The van der Waals surface area contributed by atoms with Crippen molar-refractivity contribution in [1.29, 1.82) is 0 Å². The lowest BCUT2D eigenvalue weighted by Gasteiger charge is -2.61. The van der Waals surface area contributed by atoms with E-state index in [0.717, 1.165) is 42.3 Å². The fourth-order valence-electron chi connectivity index (χ4n) is 11.6. The molecular weight excluding hydrogens is 701 g/mol. The normalized spacial score (nSPS) is 37.3. The van der Waals surface area contributed by atoms with Gasteiger partial charge in [0.25, 0.3) is 0 Å². The van der Waals surface area contributed by atoms with Crippen LogP contribution >= 0.6 is 0 Å². The number of rotatable bonds is 12. The summed E-state index contributed by atoms with van der Waals surface area (Å²) in [5, 5.41) is 64.4. The highest BCUT2D eigenvalue weighted by Gasteiger charge is 2.68. The average Bonchev–Trinajstić information content (AvgIpc) is 3.86. The highest BCUT2D eigenvalue weighted by Crippen LogP contribution is 2.67. The first-order valence-electron chi connectivity index (χ1n) is 21.4. The first kappa shape index (κ1) is 42.7. The Morgan fingerprint density at radius 2 is 1.84 bits per heavy atom. The first-order chi connectivity index (χ1) is 27.0. The third kappa shape index (κ3) is 8.58. The van der Waals surface area contributed by atoms with Crippen molar-refractivity contribution in [3.63, 3.8) is 0 Å². The van der Waals surface area contributed by atoms with Gasteiger partial charge in [0.05, 0.1) is 18.3 Å². The number of benzene rings is 1. The van der Waals surface area contributed by atoms with E-state index in [1.165, 1.54) is 36.8 Å². The van der Waals surface area contributed by atoms with Crippen LogP contribution < -0.4 is 10.6 Å². The van der Waals surface area contributed by atoms with Crippen LogP contribution in [0.4, 0.5) is 0 Å². The Balaban J connectivity index is 1.26. The number of aldehydes is 1. The lowest BCUT2D eigenvalue weighted by molar-refractivity contribution is -0.194. The van der Waals surface area contributed by atoms with Gasteiger partial charge in [-0.15, -0.1) is 0 Å². The van der Waals surface area contributed by atoms with E-state index in [1.54, 1.807) is 0 Å². The Hall–Kier alpha value is -2.95. The topological polar surface area (TPSA) is 142 Å². The molecular formula is C48H68N2O6. The fourth-order valence-corrected chi connectivity index (χ4v) is 11.6. The Morgan fingerprint density at radius 1 is 1.09 bits per heavy atom. The molecule has 1 aliphatic heterocycles. The van der Waals surface area contributed by atoms with Crippen molar-refractivity contribution in [1.82, 2.24) is 10.6 Å². The summed E-state index contributed by atoms with van der Waals surface area (Å²) in [5.74, 6) is -0.319. The van der Waals surface area contributed by atoms with Crippen molar-refractivity contribution in [3.8, 4) is 0 Å². The fraction of sp³-hybridized carbons (Fsp3) is 0.604. The Bertz CT molecular complexity index is 1700. The monoisotopic (exact) mass is 769 g/mol. The molecule has 56 heavy (non-hydrogen) atoms. The van der Waals surface area contributed by atoms with Crippen molar-refractivity contribution in [2.45, 2.75) is 115 Å². The number of aliphatic hydroxyl groups is 5. The van der Waals surface area contributed by atoms with Gasteiger partial charge in [0, 0.05) is 29.9 Å². The molecule has 1 aromatic carbocycles. The summed E-state index contributed by atoms with van der Waals surface area (Å²) in [6.45, 7) is 8.63. The van der Waals surface area contributed by atoms with E-state index in [2.05, 4.69) is 59.7 Å². The summed E-state index contributed by atoms with van der Waals surface area (Å²) in [6.07, 6.45) is 21.2. The minimum Gasteiger partial charge on any atom is -0.396 e. The molecule has 4 aliphatic carbocycles. The molecule has 4 bridgehead atoms. The number of hydrogen-bond donors (Lipinski definition) is 7. The SMILES string of the molecule is C=C(/C=C/C=C(/CO)[C@@H]1CC[C@]2([C@@H]1O)[C@@H]1C(=C(C)C=O)[C@@H](C=C[C@H]1CCO)C[C@]2(O)CCNC)[C@H]1C/C=C(\C)[C@@H](O)N[C@@H](C2CCCC2)Cc2cccc(c2)C1. The Morgan fingerprint density at radius 3 is 2.54 bits per heavy atom. The maximum atomic E-state index is 12.8. The number of hydrogen-bond acceptors (Lipinski definition) is 8. The van der Waals surface area contributed by atoms with Crippen LogP contribution in [0.5, 0.6) is 0 Å². The second kappa shape index (κ2) is 18.8. The first-order valence-corrected chi connectivity index (χ1v) is 21.4. The van der Waals surface area contributed by atoms with Crippen LogP contribution in [0.25, 0.3) is 0 Å². The summed E-state index contributed by atoms with van der Waals surface area (Å²) in [7, 11) is 1.86.